The Balaban J connectivity index is 1.53. The van der Waals surface area contributed by atoms with E-state index in [9.17, 15) is 9.59 Å². The van der Waals surface area contributed by atoms with Gasteiger partial charge in [0, 0.05) is 23.4 Å². The lowest BCUT2D eigenvalue weighted by Crippen LogP contribution is -2.14. The molecule has 4 nitrogen and oxygen atoms in total. The molecule has 0 aliphatic rings. The first kappa shape index (κ1) is 18.4. The fourth-order valence-corrected chi connectivity index (χ4v) is 2.79. The lowest BCUT2D eigenvalue weighted by atomic mass is 10.1. The number of aryl methyl sites for hydroxylation is 2. The maximum atomic E-state index is 12.3. The second kappa shape index (κ2) is 8.81. The van der Waals surface area contributed by atoms with Gasteiger partial charge in [-0.25, -0.2) is 0 Å². The molecule has 3 aromatic carbocycles. The predicted molar refractivity (Wildman–Crippen MR) is 109 cm³/mol. The molecule has 0 fully saturated rings. The molecular formula is C23H22N2O2. The topological polar surface area (TPSA) is 58.2 Å². The molecule has 0 heterocycles. The average molecular weight is 358 g/mol. The van der Waals surface area contributed by atoms with Gasteiger partial charge in [-0.3, -0.25) is 9.59 Å². The number of anilines is 2. The van der Waals surface area contributed by atoms with Crippen LogP contribution in [0, 0.1) is 6.92 Å². The van der Waals surface area contributed by atoms with Gasteiger partial charge in [0.1, 0.15) is 0 Å². The van der Waals surface area contributed by atoms with Crippen LogP contribution in [0.4, 0.5) is 11.4 Å². The zero-order valence-electron chi connectivity index (χ0n) is 15.2. The van der Waals surface area contributed by atoms with Crippen molar-refractivity contribution in [3.8, 4) is 0 Å². The minimum atomic E-state index is -0.146. The number of rotatable bonds is 6. The van der Waals surface area contributed by atoms with Crippen molar-refractivity contribution in [2.45, 2.75) is 19.8 Å². The van der Waals surface area contributed by atoms with Crippen molar-refractivity contribution in [2.24, 2.45) is 0 Å². The van der Waals surface area contributed by atoms with E-state index in [-0.39, 0.29) is 11.8 Å². The summed E-state index contributed by atoms with van der Waals surface area (Å²) < 4.78 is 0. The van der Waals surface area contributed by atoms with E-state index in [4.69, 9.17) is 0 Å². The van der Waals surface area contributed by atoms with Crippen molar-refractivity contribution in [1.82, 2.24) is 0 Å². The summed E-state index contributed by atoms with van der Waals surface area (Å²) in [5.74, 6) is -0.178. The van der Waals surface area contributed by atoms with Crippen molar-refractivity contribution in [3.63, 3.8) is 0 Å². The molecule has 0 aliphatic heterocycles. The van der Waals surface area contributed by atoms with Crippen LogP contribution >= 0.6 is 0 Å². The van der Waals surface area contributed by atoms with Gasteiger partial charge >= 0.3 is 0 Å². The summed E-state index contributed by atoms with van der Waals surface area (Å²) >= 11 is 0. The SMILES string of the molecule is Cc1ccccc1C(=O)Nc1ccc(NC(=O)CCc2ccccc2)cc1. The Morgan fingerprint density at radius 3 is 2.00 bits per heavy atom. The van der Waals surface area contributed by atoms with Crippen molar-refractivity contribution in [2.75, 3.05) is 10.6 Å². The van der Waals surface area contributed by atoms with Crippen LogP contribution in [0.1, 0.15) is 27.9 Å². The molecule has 4 heteroatoms. The monoisotopic (exact) mass is 358 g/mol. The number of benzene rings is 3. The van der Waals surface area contributed by atoms with Gasteiger partial charge < -0.3 is 10.6 Å². The van der Waals surface area contributed by atoms with Gasteiger partial charge in [0.25, 0.3) is 5.91 Å². The van der Waals surface area contributed by atoms with Crippen molar-refractivity contribution in [3.05, 3.63) is 95.6 Å². The number of carbonyl (C=O) groups is 2. The summed E-state index contributed by atoms with van der Waals surface area (Å²) in [4.78, 5) is 24.4. The Hall–Kier alpha value is -3.40. The highest BCUT2D eigenvalue weighted by Crippen LogP contribution is 2.16. The molecule has 3 aromatic rings. The molecule has 0 bridgehead atoms. The van der Waals surface area contributed by atoms with Gasteiger partial charge in [-0.05, 0) is 54.8 Å². The fraction of sp³-hybridized carbons (Fsp3) is 0.130. The van der Waals surface area contributed by atoms with Crippen LogP contribution in [0.2, 0.25) is 0 Å². The number of hydrogen-bond acceptors (Lipinski definition) is 2. The predicted octanol–water partition coefficient (Wildman–Crippen LogP) is 4.82. The third-order valence-corrected chi connectivity index (χ3v) is 4.30. The minimum Gasteiger partial charge on any atom is -0.326 e. The molecule has 0 unspecified atom stereocenters. The zero-order chi connectivity index (χ0) is 19.1. The summed E-state index contributed by atoms with van der Waals surface area (Å²) in [6.45, 7) is 1.91. The molecule has 3 rings (SSSR count). The van der Waals surface area contributed by atoms with E-state index in [1.54, 1.807) is 30.3 Å². The van der Waals surface area contributed by atoms with Gasteiger partial charge in [-0.2, -0.15) is 0 Å². The Labute approximate surface area is 159 Å². The maximum absolute atomic E-state index is 12.3. The second-order valence-corrected chi connectivity index (χ2v) is 6.38. The van der Waals surface area contributed by atoms with E-state index < -0.39 is 0 Å². The van der Waals surface area contributed by atoms with E-state index in [1.165, 1.54) is 0 Å². The van der Waals surface area contributed by atoms with Crippen molar-refractivity contribution < 1.29 is 9.59 Å². The standard InChI is InChI=1S/C23H22N2O2/c1-17-7-5-6-10-21(17)23(27)25-20-14-12-19(13-15-20)24-22(26)16-11-18-8-3-2-4-9-18/h2-10,12-15H,11,16H2,1H3,(H,24,26)(H,25,27). The molecule has 136 valence electrons. The van der Waals surface area contributed by atoms with Crippen molar-refractivity contribution in [1.29, 1.82) is 0 Å². The summed E-state index contributed by atoms with van der Waals surface area (Å²) in [7, 11) is 0. The Bertz CT molecular complexity index is 919. The molecule has 0 saturated heterocycles. The summed E-state index contributed by atoms with van der Waals surface area (Å²) in [5, 5.41) is 5.76. The van der Waals surface area contributed by atoms with Crippen LogP contribution in [0.5, 0.6) is 0 Å². The third kappa shape index (κ3) is 5.28. The molecular weight excluding hydrogens is 336 g/mol. The second-order valence-electron chi connectivity index (χ2n) is 6.38. The molecule has 0 spiro atoms. The lowest BCUT2D eigenvalue weighted by Gasteiger charge is -2.09. The van der Waals surface area contributed by atoms with E-state index in [0.717, 1.165) is 11.1 Å². The Morgan fingerprint density at radius 2 is 1.33 bits per heavy atom. The quantitative estimate of drug-likeness (QED) is 0.664. The van der Waals surface area contributed by atoms with Crippen molar-refractivity contribution >= 4 is 23.2 Å². The van der Waals surface area contributed by atoms with Crippen LogP contribution in [-0.2, 0) is 11.2 Å². The first-order chi connectivity index (χ1) is 13.1. The van der Waals surface area contributed by atoms with E-state index in [0.29, 0.717) is 29.8 Å². The molecule has 0 aromatic heterocycles. The highest BCUT2D eigenvalue weighted by atomic mass is 16.2. The van der Waals surface area contributed by atoms with Crippen LogP contribution < -0.4 is 10.6 Å². The Morgan fingerprint density at radius 1 is 0.741 bits per heavy atom. The maximum Gasteiger partial charge on any atom is 0.255 e. The third-order valence-electron chi connectivity index (χ3n) is 4.30. The van der Waals surface area contributed by atoms with E-state index in [1.807, 2.05) is 55.5 Å². The number of nitrogens with one attached hydrogen (secondary N) is 2. The number of hydrogen-bond donors (Lipinski definition) is 2. The number of amides is 2. The van der Waals surface area contributed by atoms with Crippen LogP contribution in [0.15, 0.2) is 78.9 Å². The van der Waals surface area contributed by atoms with Crippen LogP contribution in [-0.4, -0.2) is 11.8 Å². The largest absolute Gasteiger partial charge is 0.326 e. The van der Waals surface area contributed by atoms with Gasteiger partial charge in [0.15, 0.2) is 0 Å². The zero-order valence-corrected chi connectivity index (χ0v) is 15.2. The molecule has 2 amide bonds. The summed E-state index contributed by atoms with van der Waals surface area (Å²) in [6.07, 6.45) is 1.13. The van der Waals surface area contributed by atoms with E-state index >= 15 is 0 Å². The van der Waals surface area contributed by atoms with Gasteiger partial charge in [0.2, 0.25) is 5.91 Å². The smallest absolute Gasteiger partial charge is 0.255 e. The first-order valence-corrected chi connectivity index (χ1v) is 8.92. The van der Waals surface area contributed by atoms with E-state index in [2.05, 4.69) is 10.6 Å². The lowest BCUT2D eigenvalue weighted by molar-refractivity contribution is -0.116. The van der Waals surface area contributed by atoms with Crippen LogP contribution in [0.3, 0.4) is 0 Å². The fourth-order valence-electron chi connectivity index (χ4n) is 2.79. The normalized spacial score (nSPS) is 10.3. The highest BCUT2D eigenvalue weighted by molar-refractivity contribution is 6.05. The number of carbonyl (C=O) groups excluding carboxylic acids is 2. The molecule has 0 atom stereocenters. The summed E-state index contributed by atoms with van der Waals surface area (Å²) in [6, 6.07) is 24.5. The molecule has 27 heavy (non-hydrogen) atoms. The minimum absolute atomic E-state index is 0.0319. The van der Waals surface area contributed by atoms with Gasteiger partial charge in [-0.1, -0.05) is 48.5 Å². The molecule has 2 N–H and O–H groups in total. The summed E-state index contributed by atoms with van der Waals surface area (Å²) in [5.41, 5.74) is 4.11. The first-order valence-electron chi connectivity index (χ1n) is 8.92. The molecule has 0 radical (unpaired) electrons. The average Bonchev–Trinajstić information content (AvgIpc) is 2.69. The van der Waals surface area contributed by atoms with Gasteiger partial charge in [-0.15, -0.1) is 0 Å². The Kier molecular flexibility index (Phi) is 6.00. The van der Waals surface area contributed by atoms with Crippen LogP contribution in [0.25, 0.3) is 0 Å². The van der Waals surface area contributed by atoms with Gasteiger partial charge in [0.05, 0.1) is 0 Å². The highest BCUT2D eigenvalue weighted by Gasteiger charge is 2.09. The molecule has 0 saturated carbocycles. The molecule has 0 aliphatic carbocycles.